The lowest BCUT2D eigenvalue weighted by Crippen LogP contribution is -2.44. The molecule has 1 atom stereocenters. The highest BCUT2D eigenvalue weighted by atomic mass is 32.1. The maximum atomic E-state index is 12.8. The molecule has 164 valence electrons. The molecule has 3 rings (SSSR count). The van der Waals surface area contributed by atoms with E-state index in [9.17, 15) is 4.79 Å². The van der Waals surface area contributed by atoms with Gasteiger partial charge in [-0.05, 0) is 101 Å². The Balaban J connectivity index is 1.77. The summed E-state index contributed by atoms with van der Waals surface area (Å²) in [7, 11) is 4.13. The topological polar surface area (TPSA) is 60.6 Å². The van der Waals surface area contributed by atoms with Crippen molar-refractivity contribution in [2.24, 2.45) is 0 Å². The van der Waals surface area contributed by atoms with Gasteiger partial charge in [-0.1, -0.05) is 0 Å². The molecule has 30 heavy (non-hydrogen) atoms. The minimum atomic E-state index is -0.0569. The van der Waals surface area contributed by atoms with Crippen molar-refractivity contribution in [1.82, 2.24) is 20.1 Å². The summed E-state index contributed by atoms with van der Waals surface area (Å²) >= 11 is 5.70. The third-order valence-electron chi connectivity index (χ3n) is 5.69. The highest BCUT2D eigenvalue weighted by molar-refractivity contribution is 7.80. The fourth-order valence-corrected chi connectivity index (χ4v) is 4.04. The van der Waals surface area contributed by atoms with Gasteiger partial charge in [-0.2, -0.15) is 0 Å². The van der Waals surface area contributed by atoms with Gasteiger partial charge in [0.1, 0.15) is 0 Å². The summed E-state index contributed by atoms with van der Waals surface area (Å²) in [5.41, 5.74) is 3.94. The second-order valence-corrected chi connectivity index (χ2v) is 8.94. The molecule has 1 aliphatic rings. The fraction of sp³-hybridized carbons (Fsp3) is 0.565. The van der Waals surface area contributed by atoms with E-state index in [0.717, 1.165) is 55.4 Å². The maximum absolute atomic E-state index is 12.8. The Morgan fingerprint density at radius 1 is 1.27 bits per heavy atom. The van der Waals surface area contributed by atoms with Gasteiger partial charge in [-0.3, -0.25) is 4.79 Å². The van der Waals surface area contributed by atoms with Crippen LogP contribution in [0.1, 0.15) is 36.0 Å². The molecule has 0 saturated carbocycles. The van der Waals surface area contributed by atoms with Crippen molar-refractivity contribution in [2.75, 3.05) is 40.3 Å². The molecule has 1 saturated heterocycles. The molecule has 0 radical (unpaired) electrons. The maximum Gasteiger partial charge on any atom is 0.253 e. The van der Waals surface area contributed by atoms with Crippen LogP contribution in [-0.4, -0.2) is 66.3 Å². The summed E-state index contributed by atoms with van der Waals surface area (Å²) in [6.07, 6.45) is 3.29. The summed E-state index contributed by atoms with van der Waals surface area (Å²) < 4.78 is 5.84. The molecule has 6 nitrogen and oxygen atoms in total. The molecular weight excluding hydrogens is 396 g/mol. The fourth-order valence-electron chi connectivity index (χ4n) is 3.80. The number of fused-ring (bicyclic) bond motifs is 1. The smallest absolute Gasteiger partial charge is 0.253 e. The monoisotopic (exact) mass is 430 g/mol. The Bertz CT molecular complexity index is 935. The van der Waals surface area contributed by atoms with Crippen LogP contribution >= 0.6 is 12.2 Å². The van der Waals surface area contributed by atoms with E-state index in [4.69, 9.17) is 17.0 Å². The van der Waals surface area contributed by atoms with Crippen LogP contribution in [0.4, 0.5) is 0 Å². The molecule has 0 bridgehead atoms. The summed E-state index contributed by atoms with van der Waals surface area (Å²) in [4.78, 5) is 20.1. The average Bonchev–Trinajstić information content (AvgIpc) is 3.19. The van der Waals surface area contributed by atoms with Crippen LogP contribution in [0.2, 0.25) is 0 Å². The Labute approximate surface area is 184 Å². The number of rotatable bonds is 8. The number of thiocarbonyl (C=S) groups is 1. The van der Waals surface area contributed by atoms with Crippen molar-refractivity contribution in [3.63, 3.8) is 0 Å². The van der Waals surface area contributed by atoms with E-state index < -0.39 is 0 Å². The number of hydrogen-bond donors (Lipinski definition) is 2. The lowest BCUT2D eigenvalue weighted by atomic mass is 10.0. The molecule has 0 amide bonds. The average molecular weight is 431 g/mol. The molecule has 7 heteroatoms. The quantitative estimate of drug-likeness (QED) is 0.496. The molecule has 1 aliphatic heterocycles. The van der Waals surface area contributed by atoms with Gasteiger partial charge < -0.3 is 24.8 Å². The van der Waals surface area contributed by atoms with Crippen LogP contribution < -0.4 is 10.9 Å². The number of pyridine rings is 1. The highest BCUT2D eigenvalue weighted by Gasteiger charge is 2.22. The van der Waals surface area contributed by atoms with Crippen LogP contribution in [-0.2, 0) is 11.3 Å². The number of H-pyrrole nitrogens is 1. The first-order valence-corrected chi connectivity index (χ1v) is 11.2. The first-order valence-electron chi connectivity index (χ1n) is 10.8. The molecule has 0 unspecified atom stereocenters. The summed E-state index contributed by atoms with van der Waals surface area (Å²) in [6, 6.07) is 6.17. The van der Waals surface area contributed by atoms with E-state index >= 15 is 0 Å². The van der Waals surface area contributed by atoms with E-state index in [-0.39, 0.29) is 11.7 Å². The number of benzene rings is 1. The second-order valence-electron chi connectivity index (χ2n) is 8.55. The predicted molar refractivity (Wildman–Crippen MR) is 127 cm³/mol. The van der Waals surface area contributed by atoms with E-state index in [1.807, 2.05) is 12.1 Å². The van der Waals surface area contributed by atoms with Crippen LogP contribution in [0, 0.1) is 13.8 Å². The lowest BCUT2D eigenvalue weighted by molar-refractivity contribution is 0.0897. The number of aromatic nitrogens is 1. The summed E-state index contributed by atoms with van der Waals surface area (Å²) in [5, 5.41) is 5.10. The third-order valence-corrected chi connectivity index (χ3v) is 6.09. The van der Waals surface area contributed by atoms with Crippen LogP contribution in [0.25, 0.3) is 10.9 Å². The number of hydrogen-bond acceptors (Lipinski definition) is 4. The molecule has 0 spiro atoms. The van der Waals surface area contributed by atoms with Crippen molar-refractivity contribution < 1.29 is 4.74 Å². The lowest BCUT2D eigenvalue weighted by Gasteiger charge is -2.28. The zero-order valence-electron chi connectivity index (χ0n) is 18.6. The van der Waals surface area contributed by atoms with E-state index in [1.54, 1.807) is 0 Å². The molecule has 1 aromatic heterocycles. The second kappa shape index (κ2) is 10.4. The van der Waals surface area contributed by atoms with Crippen molar-refractivity contribution in [3.8, 4) is 0 Å². The van der Waals surface area contributed by atoms with Crippen LogP contribution in [0.5, 0.6) is 0 Å². The summed E-state index contributed by atoms with van der Waals surface area (Å²) in [5.74, 6) is 0. The number of nitrogens with one attached hydrogen (secondary N) is 2. The van der Waals surface area contributed by atoms with Gasteiger partial charge in [-0.25, -0.2) is 0 Å². The molecular formula is C23H34N4O2S. The number of aryl methyl sites for hydroxylation is 2. The normalized spacial score (nSPS) is 16.4. The minimum Gasteiger partial charge on any atom is -0.376 e. The van der Waals surface area contributed by atoms with Crippen molar-refractivity contribution >= 4 is 28.2 Å². The molecule has 1 fully saturated rings. The van der Waals surface area contributed by atoms with Gasteiger partial charge in [0.25, 0.3) is 5.56 Å². The van der Waals surface area contributed by atoms with Gasteiger partial charge in [0, 0.05) is 30.8 Å². The SMILES string of the molecule is Cc1cc2cc(CN(C[C@H]3CCCO3)C(=S)NCCCN(C)C)c(=O)[nH]c2cc1C. The molecule has 2 N–H and O–H groups in total. The van der Waals surface area contributed by atoms with Crippen LogP contribution in [0.3, 0.4) is 0 Å². The Kier molecular flexibility index (Phi) is 7.86. The Morgan fingerprint density at radius 3 is 2.73 bits per heavy atom. The van der Waals surface area contributed by atoms with Crippen LogP contribution in [0.15, 0.2) is 23.0 Å². The predicted octanol–water partition coefficient (Wildman–Crippen LogP) is 2.95. The van der Waals surface area contributed by atoms with E-state index in [2.05, 4.69) is 54.1 Å². The van der Waals surface area contributed by atoms with Gasteiger partial charge in [-0.15, -0.1) is 0 Å². The number of aromatic amines is 1. The van der Waals surface area contributed by atoms with E-state index in [1.165, 1.54) is 11.1 Å². The Morgan fingerprint density at radius 2 is 2.03 bits per heavy atom. The van der Waals surface area contributed by atoms with Crippen molar-refractivity contribution in [1.29, 1.82) is 0 Å². The van der Waals surface area contributed by atoms with Crippen molar-refractivity contribution in [2.45, 2.75) is 45.8 Å². The largest absolute Gasteiger partial charge is 0.376 e. The molecule has 1 aromatic carbocycles. The molecule has 0 aliphatic carbocycles. The zero-order chi connectivity index (χ0) is 21.7. The highest BCUT2D eigenvalue weighted by Crippen LogP contribution is 2.19. The minimum absolute atomic E-state index is 0.0569. The van der Waals surface area contributed by atoms with Crippen molar-refractivity contribution in [3.05, 3.63) is 45.2 Å². The molecule has 2 aromatic rings. The molecule has 2 heterocycles. The third kappa shape index (κ3) is 6.03. The van der Waals surface area contributed by atoms with E-state index in [0.29, 0.717) is 18.2 Å². The van der Waals surface area contributed by atoms with Gasteiger partial charge in [0.15, 0.2) is 5.11 Å². The van der Waals surface area contributed by atoms with Gasteiger partial charge >= 0.3 is 0 Å². The first kappa shape index (κ1) is 22.7. The number of nitrogens with zero attached hydrogens (tertiary/aromatic N) is 2. The standard InChI is InChI=1S/C23H34N4O2S/c1-16-11-18-13-19(22(28)25-21(18)12-17(16)2)14-27(15-20-7-5-10-29-20)23(30)24-8-6-9-26(3)4/h11-13,20H,5-10,14-15H2,1-4H3,(H,24,30)(H,25,28)/t20-/m1/s1. The zero-order valence-corrected chi connectivity index (χ0v) is 19.4. The van der Waals surface area contributed by atoms with Gasteiger partial charge in [0.05, 0.1) is 12.6 Å². The first-order chi connectivity index (χ1) is 14.3. The number of ether oxygens (including phenoxy) is 1. The Hall–Kier alpha value is -1.96. The van der Waals surface area contributed by atoms with Gasteiger partial charge in [0.2, 0.25) is 0 Å². The summed E-state index contributed by atoms with van der Waals surface area (Å²) in [6.45, 7) is 7.94.